The highest BCUT2D eigenvalue weighted by Crippen LogP contribution is 2.40. The Balaban J connectivity index is 2.66. The van der Waals surface area contributed by atoms with Crippen molar-refractivity contribution in [1.29, 1.82) is 0 Å². The average molecular weight is 277 g/mol. The number of hydrogen-bond acceptors (Lipinski definition) is 5. The van der Waals surface area contributed by atoms with Gasteiger partial charge in [0.2, 0.25) is 5.75 Å². The van der Waals surface area contributed by atoms with E-state index in [4.69, 9.17) is 9.47 Å². The standard InChI is InChI=1S/C13H15N3O4/c1-4-15-6-5-14-13(15)9-7-10(16(17)18)12(20-3)11(8-9)19-2/h5-8H,4H2,1-3H3. The molecule has 0 aliphatic carbocycles. The average Bonchev–Trinajstić information content (AvgIpc) is 2.93. The maximum absolute atomic E-state index is 11.2. The molecule has 7 nitrogen and oxygen atoms in total. The fourth-order valence-electron chi connectivity index (χ4n) is 2.03. The number of methoxy groups -OCH3 is 2. The number of nitrogens with zero attached hydrogens (tertiary/aromatic N) is 3. The molecule has 0 bridgehead atoms. The van der Waals surface area contributed by atoms with Crippen LogP contribution in [0.5, 0.6) is 11.5 Å². The molecule has 1 aromatic heterocycles. The quantitative estimate of drug-likeness (QED) is 0.619. The fraction of sp³-hybridized carbons (Fsp3) is 0.308. The van der Waals surface area contributed by atoms with Crippen molar-refractivity contribution in [2.24, 2.45) is 0 Å². The van der Waals surface area contributed by atoms with Crippen LogP contribution < -0.4 is 9.47 Å². The number of ether oxygens (including phenoxy) is 2. The lowest BCUT2D eigenvalue weighted by molar-refractivity contribution is -0.385. The zero-order chi connectivity index (χ0) is 14.7. The predicted molar refractivity (Wildman–Crippen MR) is 73.1 cm³/mol. The van der Waals surface area contributed by atoms with Gasteiger partial charge in [-0.05, 0) is 13.0 Å². The van der Waals surface area contributed by atoms with Gasteiger partial charge in [-0.15, -0.1) is 0 Å². The molecule has 0 unspecified atom stereocenters. The number of aryl methyl sites for hydroxylation is 1. The molecule has 7 heteroatoms. The van der Waals surface area contributed by atoms with E-state index >= 15 is 0 Å². The van der Waals surface area contributed by atoms with Gasteiger partial charge in [-0.25, -0.2) is 4.98 Å². The molecule has 0 saturated carbocycles. The van der Waals surface area contributed by atoms with Crippen LogP contribution in [0.15, 0.2) is 24.5 Å². The minimum absolute atomic E-state index is 0.107. The van der Waals surface area contributed by atoms with Crippen LogP contribution in [0, 0.1) is 10.1 Å². The summed E-state index contributed by atoms with van der Waals surface area (Å²) in [6, 6.07) is 3.12. The predicted octanol–water partition coefficient (Wildman–Crippen LogP) is 2.50. The Kier molecular flexibility index (Phi) is 3.88. The molecule has 106 valence electrons. The van der Waals surface area contributed by atoms with Gasteiger partial charge >= 0.3 is 5.69 Å². The Labute approximate surface area is 115 Å². The highest BCUT2D eigenvalue weighted by atomic mass is 16.6. The summed E-state index contributed by atoms with van der Waals surface area (Å²) in [5.41, 5.74) is 0.466. The van der Waals surface area contributed by atoms with E-state index in [1.54, 1.807) is 12.3 Å². The van der Waals surface area contributed by atoms with Gasteiger partial charge in [-0.1, -0.05) is 0 Å². The van der Waals surface area contributed by atoms with E-state index in [0.717, 1.165) is 6.54 Å². The minimum atomic E-state index is -0.496. The van der Waals surface area contributed by atoms with Gasteiger partial charge in [0.25, 0.3) is 0 Å². The van der Waals surface area contributed by atoms with Crippen LogP contribution in [0.2, 0.25) is 0 Å². The topological polar surface area (TPSA) is 79.4 Å². The van der Waals surface area contributed by atoms with Gasteiger partial charge in [0.05, 0.1) is 19.1 Å². The zero-order valence-electron chi connectivity index (χ0n) is 11.5. The van der Waals surface area contributed by atoms with Gasteiger partial charge in [0.1, 0.15) is 5.82 Å². The van der Waals surface area contributed by atoms with Crippen LogP contribution >= 0.6 is 0 Å². The molecule has 0 saturated heterocycles. The van der Waals surface area contributed by atoms with Crippen molar-refractivity contribution in [2.45, 2.75) is 13.5 Å². The van der Waals surface area contributed by atoms with Crippen molar-refractivity contribution in [3.8, 4) is 22.9 Å². The summed E-state index contributed by atoms with van der Waals surface area (Å²) < 4.78 is 12.1. The first-order valence-corrected chi connectivity index (χ1v) is 6.04. The summed E-state index contributed by atoms with van der Waals surface area (Å²) in [7, 11) is 2.81. The number of benzene rings is 1. The van der Waals surface area contributed by atoms with Crippen molar-refractivity contribution in [3.05, 3.63) is 34.6 Å². The van der Waals surface area contributed by atoms with Crippen molar-refractivity contribution in [1.82, 2.24) is 9.55 Å². The summed E-state index contributed by atoms with van der Waals surface area (Å²) in [5.74, 6) is 1.06. The molecule has 2 aromatic rings. The molecule has 0 aliphatic heterocycles. The van der Waals surface area contributed by atoms with Crippen molar-refractivity contribution in [2.75, 3.05) is 14.2 Å². The lowest BCUT2D eigenvalue weighted by atomic mass is 10.1. The number of hydrogen-bond donors (Lipinski definition) is 0. The highest BCUT2D eigenvalue weighted by Gasteiger charge is 2.23. The first-order valence-electron chi connectivity index (χ1n) is 6.04. The van der Waals surface area contributed by atoms with Crippen LogP contribution in [0.1, 0.15) is 6.92 Å². The molecule has 1 aromatic carbocycles. The van der Waals surface area contributed by atoms with Gasteiger partial charge in [0, 0.05) is 30.6 Å². The maximum atomic E-state index is 11.2. The van der Waals surface area contributed by atoms with Crippen LogP contribution in [0.4, 0.5) is 5.69 Å². The zero-order valence-corrected chi connectivity index (χ0v) is 11.5. The lowest BCUT2D eigenvalue weighted by Gasteiger charge is -2.11. The second-order valence-corrected chi connectivity index (χ2v) is 4.02. The van der Waals surface area contributed by atoms with E-state index in [2.05, 4.69) is 4.98 Å². The fourth-order valence-corrected chi connectivity index (χ4v) is 2.03. The molecule has 0 radical (unpaired) electrons. The van der Waals surface area contributed by atoms with Gasteiger partial charge < -0.3 is 14.0 Å². The maximum Gasteiger partial charge on any atom is 0.315 e. The first kappa shape index (κ1) is 13.9. The van der Waals surface area contributed by atoms with Crippen molar-refractivity contribution in [3.63, 3.8) is 0 Å². The number of nitro groups is 1. The van der Waals surface area contributed by atoms with E-state index < -0.39 is 4.92 Å². The van der Waals surface area contributed by atoms with Gasteiger partial charge in [-0.2, -0.15) is 0 Å². The number of imidazole rings is 1. The first-order chi connectivity index (χ1) is 9.62. The van der Waals surface area contributed by atoms with E-state index in [9.17, 15) is 10.1 Å². The van der Waals surface area contributed by atoms with E-state index in [1.165, 1.54) is 20.3 Å². The third-order valence-corrected chi connectivity index (χ3v) is 2.97. The molecule has 0 fully saturated rings. The van der Waals surface area contributed by atoms with E-state index in [0.29, 0.717) is 17.1 Å². The Hall–Kier alpha value is -2.57. The summed E-state index contributed by atoms with van der Waals surface area (Å²) in [6.45, 7) is 2.69. The normalized spacial score (nSPS) is 10.3. The molecular formula is C13H15N3O4. The van der Waals surface area contributed by atoms with Crippen molar-refractivity contribution >= 4 is 5.69 Å². The summed E-state index contributed by atoms with van der Waals surface area (Å²) in [6.07, 6.45) is 3.47. The Morgan fingerprint density at radius 3 is 2.65 bits per heavy atom. The molecule has 1 heterocycles. The van der Waals surface area contributed by atoms with Gasteiger partial charge in [0.15, 0.2) is 5.75 Å². The van der Waals surface area contributed by atoms with Gasteiger partial charge in [-0.3, -0.25) is 10.1 Å². The molecule has 0 aliphatic rings. The monoisotopic (exact) mass is 277 g/mol. The molecule has 0 atom stereocenters. The number of nitro benzene ring substituents is 1. The number of rotatable bonds is 5. The summed E-state index contributed by atoms with van der Waals surface area (Å²) >= 11 is 0. The largest absolute Gasteiger partial charge is 0.493 e. The Morgan fingerprint density at radius 2 is 2.10 bits per heavy atom. The number of aromatic nitrogens is 2. The van der Waals surface area contributed by atoms with Crippen molar-refractivity contribution < 1.29 is 14.4 Å². The summed E-state index contributed by atoms with van der Waals surface area (Å²) in [4.78, 5) is 14.9. The molecule has 0 spiro atoms. The Bertz CT molecular complexity index is 637. The van der Waals surface area contributed by atoms with Crippen LogP contribution in [0.25, 0.3) is 11.4 Å². The second-order valence-electron chi connectivity index (χ2n) is 4.02. The molecule has 0 amide bonds. The lowest BCUT2D eigenvalue weighted by Crippen LogP contribution is -2.00. The minimum Gasteiger partial charge on any atom is -0.493 e. The van der Waals surface area contributed by atoms with Crippen LogP contribution in [-0.4, -0.2) is 28.7 Å². The molecular weight excluding hydrogens is 262 g/mol. The summed E-state index contributed by atoms with van der Waals surface area (Å²) in [5, 5.41) is 11.2. The molecule has 2 rings (SSSR count). The van der Waals surface area contributed by atoms with E-state index in [1.807, 2.05) is 17.7 Å². The van der Waals surface area contributed by atoms with Crippen LogP contribution in [-0.2, 0) is 6.54 Å². The SMILES string of the molecule is CCn1ccnc1-c1cc(OC)c(OC)c([N+](=O)[O-])c1. The third-order valence-electron chi connectivity index (χ3n) is 2.97. The smallest absolute Gasteiger partial charge is 0.315 e. The molecule has 20 heavy (non-hydrogen) atoms. The second kappa shape index (κ2) is 5.60. The molecule has 0 N–H and O–H groups in total. The van der Waals surface area contributed by atoms with E-state index in [-0.39, 0.29) is 11.4 Å². The Morgan fingerprint density at radius 1 is 1.35 bits per heavy atom. The highest BCUT2D eigenvalue weighted by molar-refractivity contribution is 5.69. The third kappa shape index (κ3) is 2.29. The van der Waals surface area contributed by atoms with Crippen LogP contribution in [0.3, 0.4) is 0 Å².